The largest absolute Gasteiger partial charge is 0.375 e. The Kier molecular flexibility index (Phi) is 11.4. The molecule has 4 heteroatoms. The lowest BCUT2D eigenvalue weighted by atomic mass is 9.44. The summed E-state index contributed by atoms with van der Waals surface area (Å²) in [6, 6.07) is 62.5. The van der Waals surface area contributed by atoms with Crippen molar-refractivity contribution >= 4 is 67.5 Å². The second-order valence-corrected chi connectivity index (χ2v) is 29.2. The van der Waals surface area contributed by atoms with E-state index in [-0.39, 0.29) is 39.3 Å². The summed E-state index contributed by atoms with van der Waals surface area (Å²) in [6.45, 7) is 41.9. The minimum Gasteiger partial charge on any atom is -0.375 e. The fraction of sp³-hybridized carbons (Fsp3) is 0.324. The van der Waals surface area contributed by atoms with Crippen molar-refractivity contribution in [2.24, 2.45) is 0 Å². The van der Waals surface area contributed by atoms with Crippen molar-refractivity contribution in [3.8, 4) is 39.2 Å². The number of aromatic nitrogens is 2. The lowest BCUT2D eigenvalue weighted by molar-refractivity contribution is 0.589. The molecule has 0 radical (unpaired) electrons. The van der Waals surface area contributed by atoms with Crippen molar-refractivity contribution in [3.05, 3.63) is 191 Å². The van der Waals surface area contributed by atoms with Gasteiger partial charge in [0.15, 0.2) is 0 Å². The molecule has 8 aromatic carbocycles. The van der Waals surface area contributed by atoms with Gasteiger partial charge < -0.3 is 13.9 Å². The molecular weight excluding hydrogens is 942 g/mol. The van der Waals surface area contributed by atoms with E-state index < -0.39 is 0 Å². The van der Waals surface area contributed by atoms with Crippen LogP contribution < -0.4 is 15.8 Å². The Balaban J connectivity index is 1.33. The molecule has 4 heterocycles. The van der Waals surface area contributed by atoms with Crippen molar-refractivity contribution in [1.82, 2.24) is 9.05 Å². The van der Waals surface area contributed by atoms with Gasteiger partial charge in [-0.3, -0.25) is 0 Å². The molecule has 0 saturated carbocycles. The minimum absolute atomic E-state index is 0.00847. The molecule has 0 unspecified atom stereocenters. The predicted molar refractivity (Wildman–Crippen MR) is 340 cm³/mol. The Morgan fingerprint density at radius 2 is 0.833 bits per heavy atom. The number of fused-ring (bicyclic) bond motifs is 8. The molecule has 0 fully saturated rings. The lowest BCUT2D eigenvalue weighted by Crippen LogP contribution is -2.57. The van der Waals surface area contributed by atoms with Crippen LogP contribution in [0.25, 0.3) is 71.9 Å². The smallest absolute Gasteiger partial charge is 0.333 e. The molecule has 2 aromatic heterocycles. The molecule has 0 amide bonds. The molecule has 10 aromatic rings. The first-order chi connectivity index (χ1) is 36.5. The summed E-state index contributed by atoms with van der Waals surface area (Å²) < 4.78 is 5.43. The van der Waals surface area contributed by atoms with E-state index in [0.29, 0.717) is 0 Å². The SMILES string of the molecule is CC(C)(C)c1ccc(-c2c(-c3ccc(C(C)(C)C)cc3)n3c4c(cc5c6ccccc6n(-c6ccc(C(C)(C)C)cc6)c5c24)-c2cc(C(C)(C)C)cc4c2B3c2cc(C(C)(C)C)ccc2N4c2ccc(C(C)(C)C)cc2)cc1. The van der Waals surface area contributed by atoms with Gasteiger partial charge in [-0.25, -0.2) is 0 Å². The summed E-state index contributed by atoms with van der Waals surface area (Å²) in [4.78, 5) is 2.61. The first-order valence-electron chi connectivity index (χ1n) is 28.7. The number of hydrogen-bond acceptors (Lipinski definition) is 1. The first kappa shape index (κ1) is 51.7. The van der Waals surface area contributed by atoms with E-state index in [9.17, 15) is 0 Å². The van der Waals surface area contributed by atoms with Crippen LogP contribution in [0, 0.1) is 0 Å². The lowest BCUT2D eigenvalue weighted by Gasteiger charge is -2.42. The third-order valence-electron chi connectivity index (χ3n) is 17.5. The normalized spacial score (nSPS) is 14.0. The van der Waals surface area contributed by atoms with Gasteiger partial charge in [0.05, 0.1) is 11.0 Å². The van der Waals surface area contributed by atoms with Crippen LogP contribution in [0.1, 0.15) is 158 Å². The van der Waals surface area contributed by atoms with Crippen molar-refractivity contribution in [3.63, 3.8) is 0 Å². The summed E-state index contributed by atoms with van der Waals surface area (Å²) in [5.74, 6) is 0. The number of rotatable bonds is 4. The van der Waals surface area contributed by atoms with Crippen LogP contribution in [0.15, 0.2) is 158 Å². The van der Waals surface area contributed by atoms with E-state index in [1.165, 1.54) is 133 Å². The Morgan fingerprint density at radius 3 is 1.36 bits per heavy atom. The van der Waals surface area contributed by atoms with Crippen molar-refractivity contribution < 1.29 is 0 Å². The molecule has 0 N–H and O–H groups in total. The Bertz CT molecular complexity index is 4020. The molecule has 3 nitrogen and oxygen atoms in total. The van der Waals surface area contributed by atoms with Crippen molar-refractivity contribution in [2.45, 2.75) is 157 Å². The van der Waals surface area contributed by atoms with Gasteiger partial charge in [-0.05, 0) is 142 Å². The molecule has 0 atom stereocenters. The van der Waals surface area contributed by atoms with Gasteiger partial charge in [-0.15, -0.1) is 0 Å². The summed E-state index contributed by atoms with van der Waals surface area (Å²) >= 11 is 0. The van der Waals surface area contributed by atoms with Gasteiger partial charge in [0.25, 0.3) is 0 Å². The predicted octanol–water partition coefficient (Wildman–Crippen LogP) is 19.3. The highest BCUT2D eigenvalue weighted by molar-refractivity contribution is 6.90. The first-order valence-corrected chi connectivity index (χ1v) is 28.7. The van der Waals surface area contributed by atoms with E-state index in [4.69, 9.17) is 0 Å². The molecule has 0 aliphatic carbocycles. The zero-order valence-electron chi connectivity index (χ0n) is 49.9. The molecule has 2 aliphatic rings. The van der Waals surface area contributed by atoms with E-state index in [0.717, 1.165) is 0 Å². The van der Waals surface area contributed by atoms with Crippen LogP contribution >= 0.6 is 0 Å². The van der Waals surface area contributed by atoms with Gasteiger partial charge in [-0.2, -0.15) is 0 Å². The highest BCUT2D eigenvalue weighted by Crippen LogP contribution is 2.54. The maximum Gasteiger partial charge on any atom is 0.333 e. The number of benzene rings is 8. The molecule has 394 valence electrons. The fourth-order valence-electron chi connectivity index (χ4n) is 12.8. The standard InChI is InChI=1S/C74H80BN3/c1-69(2,3)47-27-23-45(24-28-47)63-64-67-57(55-21-19-20-22-60(55)77(67)54-38-33-50(34-39-54)72(10,11)12)44-58-56-41-52(74(16,17)18)43-62-65(56)75(78(68(58)64)66(63)46-25-29-48(30-26-46)70(4,5)6)59-42-51(73(13,14)15)35-40-61(59)76(62)53-36-31-49(32-37-53)71(7,8)9/h19-44H,1-18H3. The molecule has 0 saturated heterocycles. The fourth-order valence-corrected chi connectivity index (χ4v) is 12.8. The zero-order chi connectivity index (χ0) is 55.6. The van der Waals surface area contributed by atoms with Crippen molar-refractivity contribution in [1.29, 1.82) is 0 Å². The van der Waals surface area contributed by atoms with Gasteiger partial charge in [0.1, 0.15) is 0 Å². The molecular formula is C74H80BN3. The van der Waals surface area contributed by atoms with Crippen molar-refractivity contribution in [2.75, 3.05) is 4.90 Å². The van der Waals surface area contributed by atoms with E-state index in [1.54, 1.807) is 0 Å². The van der Waals surface area contributed by atoms with E-state index in [1.807, 2.05) is 0 Å². The van der Waals surface area contributed by atoms with Crippen LogP contribution in [0.5, 0.6) is 0 Å². The van der Waals surface area contributed by atoms with Gasteiger partial charge in [-0.1, -0.05) is 234 Å². The third-order valence-corrected chi connectivity index (χ3v) is 17.5. The average molecular weight is 1020 g/mol. The van der Waals surface area contributed by atoms with Crippen LogP contribution in [0.2, 0.25) is 0 Å². The van der Waals surface area contributed by atoms with Gasteiger partial charge >= 0.3 is 6.85 Å². The maximum atomic E-state index is 2.84. The second kappa shape index (κ2) is 17.2. The summed E-state index contributed by atoms with van der Waals surface area (Å²) in [5.41, 5.74) is 26.6. The summed E-state index contributed by atoms with van der Waals surface area (Å²) in [5, 5.41) is 3.81. The van der Waals surface area contributed by atoms with Crippen LogP contribution in [0.4, 0.5) is 17.1 Å². The van der Waals surface area contributed by atoms with E-state index in [2.05, 4.69) is 296 Å². The maximum absolute atomic E-state index is 2.84. The van der Waals surface area contributed by atoms with Gasteiger partial charge in [0, 0.05) is 61.2 Å². The Hall–Kier alpha value is -7.04. The van der Waals surface area contributed by atoms with Crippen LogP contribution in [0.3, 0.4) is 0 Å². The zero-order valence-corrected chi connectivity index (χ0v) is 49.9. The van der Waals surface area contributed by atoms with Crippen LogP contribution in [-0.4, -0.2) is 15.9 Å². The monoisotopic (exact) mass is 1020 g/mol. The highest BCUT2D eigenvalue weighted by atomic mass is 15.2. The highest BCUT2D eigenvalue weighted by Gasteiger charge is 2.46. The van der Waals surface area contributed by atoms with E-state index >= 15 is 0 Å². The minimum atomic E-state index is -0.164. The number of para-hydroxylation sites is 1. The van der Waals surface area contributed by atoms with Gasteiger partial charge in [0.2, 0.25) is 0 Å². The molecule has 78 heavy (non-hydrogen) atoms. The topological polar surface area (TPSA) is 13.1 Å². The number of anilines is 3. The summed E-state index contributed by atoms with van der Waals surface area (Å²) in [6.07, 6.45) is 0. The van der Waals surface area contributed by atoms with Crippen LogP contribution in [-0.2, 0) is 32.5 Å². The molecule has 2 aliphatic heterocycles. The molecule has 12 rings (SSSR count). The second-order valence-electron chi connectivity index (χ2n) is 29.2. The number of hydrogen-bond donors (Lipinski definition) is 0. The number of nitrogens with zero attached hydrogens (tertiary/aromatic N) is 3. The quantitative estimate of drug-likeness (QED) is 0.160. The Morgan fingerprint density at radius 1 is 0.359 bits per heavy atom. The Labute approximate surface area is 466 Å². The average Bonchev–Trinajstić information content (AvgIpc) is 3.99. The molecule has 0 bridgehead atoms. The third kappa shape index (κ3) is 8.21. The molecule has 0 spiro atoms. The summed E-state index contributed by atoms with van der Waals surface area (Å²) in [7, 11) is 0.